The van der Waals surface area contributed by atoms with Crippen LogP contribution in [-0.4, -0.2) is 58.1 Å². The van der Waals surface area contributed by atoms with Crippen molar-refractivity contribution in [1.29, 1.82) is 0 Å². The first-order valence-electron chi connectivity index (χ1n) is 13.5. The maximum absolute atomic E-state index is 11.7. The van der Waals surface area contributed by atoms with E-state index in [1.54, 1.807) is 0 Å². The van der Waals surface area contributed by atoms with Crippen LogP contribution in [0.2, 0.25) is 0 Å². The first kappa shape index (κ1) is 23.5. The maximum atomic E-state index is 11.7. The van der Waals surface area contributed by atoms with Crippen molar-refractivity contribution in [3.8, 4) is 0 Å². The van der Waals surface area contributed by atoms with Crippen molar-refractivity contribution < 1.29 is 25.2 Å². The molecule has 1 aliphatic heterocycles. The van der Waals surface area contributed by atoms with Crippen LogP contribution < -0.4 is 0 Å². The monoisotopic (exact) mass is 450 g/mol. The van der Waals surface area contributed by atoms with Crippen molar-refractivity contribution in [3.63, 3.8) is 0 Å². The van der Waals surface area contributed by atoms with Gasteiger partial charge in [0.2, 0.25) is 0 Å². The van der Waals surface area contributed by atoms with E-state index in [1.165, 1.54) is 0 Å². The lowest BCUT2D eigenvalue weighted by Crippen LogP contribution is -2.62. The van der Waals surface area contributed by atoms with Crippen molar-refractivity contribution in [2.75, 3.05) is 13.2 Å². The highest BCUT2D eigenvalue weighted by Crippen LogP contribution is 2.68. The Morgan fingerprint density at radius 2 is 1.69 bits per heavy atom. The van der Waals surface area contributed by atoms with E-state index in [0.29, 0.717) is 48.7 Å². The molecule has 1 saturated heterocycles. The Hall–Kier alpha value is -0.200. The normalized spacial score (nSPS) is 53.0. The predicted molar refractivity (Wildman–Crippen MR) is 123 cm³/mol. The Morgan fingerprint density at radius 3 is 2.38 bits per heavy atom. The van der Waals surface area contributed by atoms with E-state index in [-0.39, 0.29) is 41.2 Å². The topological polar surface area (TPSA) is 90.2 Å². The van der Waals surface area contributed by atoms with Gasteiger partial charge in [-0.3, -0.25) is 0 Å². The largest absolute Gasteiger partial charge is 0.393 e. The predicted octanol–water partition coefficient (Wildman–Crippen LogP) is 3.37. The molecule has 5 rings (SSSR count). The van der Waals surface area contributed by atoms with Gasteiger partial charge in [0.25, 0.3) is 0 Å². The highest BCUT2D eigenvalue weighted by Gasteiger charge is 2.65. The Kier molecular flexibility index (Phi) is 6.24. The molecule has 0 aromatic rings. The van der Waals surface area contributed by atoms with E-state index in [2.05, 4.69) is 20.8 Å². The summed E-state index contributed by atoms with van der Waals surface area (Å²) in [5.74, 6) is 2.57. The van der Waals surface area contributed by atoms with Gasteiger partial charge in [0, 0.05) is 5.92 Å². The van der Waals surface area contributed by atoms with Gasteiger partial charge < -0.3 is 25.2 Å². The van der Waals surface area contributed by atoms with E-state index in [9.17, 15) is 20.4 Å². The molecule has 12 atom stereocenters. The number of aliphatic hydroxyl groups is 4. The SMILES string of the molecule is CC(CCC(O)C1COC1)C1CCC2C3C(O)CC4CC(O)CCC4(C)C3CC(O)C12C. The van der Waals surface area contributed by atoms with Crippen LogP contribution in [-0.2, 0) is 4.74 Å². The van der Waals surface area contributed by atoms with Gasteiger partial charge in [-0.05, 0) is 104 Å². The smallest absolute Gasteiger partial charge is 0.0612 e. The number of rotatable bonds is 5. The lowest BCUT2D eigenvalue weighted by molar-refractivity contribution is -0.207. The highest BCUT2D eigenvalue weighted by atomic mass is 16.5. The Balaban J connectivity index is 1.33. The van der Waals surface area contributed by atoms with Gasteiger partial charge in [-0.2, -0.15) is 0 Å². The van der Waals surface area contributed by atoms with Crippen molar-refractivity contribution in [3.05, 3.63) is 0 Å². The van der Waals surface area contributed by atoms with Crippen LogP contribution in [0.3, 0.4) is 0 Å². The minimum absolute atomic E-state index is 0.129. The highest BCUT2D eigenvalue weighted by molar-refractivity contribution is 5.14. The van der Waals surface area contributed by atoms with Gasteiger partial charge in [-0.1, -0.05) is 20.8 Å². The molecule has 5 fully saturated rings. The summed E-state index contributed by atoms with van der Waals surface area (Å²) >= 11 is 0. The van der Waals surface area contributed by atoms with Gasteiger partial charge in [0.05, 0.1) is 37.6 Å². The molecule has 4 saturated carbocycles. The van der Waals surface area contributed by atoms with E-state index in [4.69, 9.17) is 4.74 Å². The summed E-state index contributed by atoms with van der Waals surface area (Å²) in [4.78, 5) is 0. The summed E-state index contributed by atoms with van der Waals surface area (Å²) in [6.07, 6.45) is 7.19. The number of hydrogen-bond acceptors (Lipinski definition) is 5. The fourth-order valence-electron chi connectivity index (χ4n) is 9.48. The van der Waals surface area contributed by atoms with Crippen molar-refractivity contribution in [2.24, 2.45) is 52.3 Å². The third-order valence-electron chi connectivity index (χ3n) is 11.6. The van der Waals surface area contributed by atoms with Crippen LogP contribution in [0.4, 0.5) is 0 Å². The minimum Gasteiger partial charge on any atom is -0.393 e. The Labute approximate surface area is 193 Å². The maximum Gasteiger partial charge on any atom is 0.0612 e. The summed E-state index contributed by atoms with van der Waals surface area (Å²) in [5, 5.41) is 43.8. The van der Waals surface area contributed by atoms with Gasteiger partial charge in [-0.25, -0.2) is 0 Å². The number of aliphatic hydroxyl groups excluding tert-OH is 4. The molecule has 4 aliphatic carbocycles. The van der Waals surface area contributed by atoms with Gasteiger partial charge in [0.15, 0.2) is 0 Å². The van der Waals surface area contributed by atoms with Crippen molar-refractivity contribution >= 4 is 0 Å². The molecule has 0 aromatic heterocycles. The zero-order valence-corrected chi connectivity index (χ0v) is 20.3. The summed E-state index contributed by atoms with van der Waals surface area (Å²) in [6.45, 7) is 8.40. The van der Waals surface area contributed by atoms with Crippen molar-refractivity contribution in [2.45, 2.75) is 103 Å². The van der Waals surface area contributed by atoms with E-state index in [1.807, 2.05) is 0 Å². The molecule has 0 aromatic carbocycles. The minimum atomic E-state index is -0.330. The second kappa shape index (κ2) is 8.48. The van der Waals surface area contributed by atoms with Gasteiger partial charge in [-0.15, -0.1) is 0 Å². The molecular weight excluding hydrogens is 404 g/mol. The standard InChI is InChI=1S/C27H46O5/c1-15(4-7-22(29)16-13-32-14-16)19-5-6-20-25-21(12-24(31)27(19,20)3)26(2)9-8-18(28)10-17(26)11-23(25)30/h15-25,28-31H,4-14H2,1-3H3. The first-order chi connectivity index (χ1) is 15.2. The number of ether oxygens (including phenoxy) is 1. The summed E-state index contributed by atoms with van der Waals surface area (Å²) in [5.41, 5.74) is -0.0203. The van der Waals surface area contributed by atoms with E-state index < -0.39 is 0 Å². The van der Waals surface area contributed by atoms with Crippen LogP contribution in [0.15, 0.2) is 0 Å². The molecule has 12 unspecified atom stereocenters. The summed E-state index contributed by atoms with van der Waals surface area (Å²) < 4.78 is 5.24. The molecule has 4 N–H and O–H groups in total. The molecule has 1 heterocycles. The summed E-state index contributed by atoms with van der Waals surface area (Å²) in [7, 11) is 0. The van der Waals surface area contributed by atoms with Crippen molar-refractivity contribution in [1.82, 2.24) is 0 Å². The average molecular weight is 451 g/mol. The zero-order valence-electron chi connectivity index (χ0n) is 20.3. The van der Waals surface area contributed by atoms with Gasteiger partial charge >= 0.3 is 0 Å². The third-order valence-corrected chi connectivity index (χ3v) is 11.6. The second-order valence-electron chi connectivity index (χ2n) is 12.9. The molecule has 5 aliphatic rings. The molecule has 5 heteroatoms. The summed E-state index contributed by atoms with van der Waals surface area (Å²) in [6, 6.07) is 0. The molecule has 0 radical (unpaired) electrons. The Bertz CT molecular complexity index is 681. The molecule has 32 heavy (non-hydrogen) atoms. The average Bonchev–Trinajstić information content (AvgIpc) is 3.05. The van der Waals surface area contributed by atoms with Crippen LogP contribution in [0.1, 0.15) is 78.6 Å². The van der Waals surface area contributed by atoms with Gasteiger partial charge in [0.1, 0.15) is 0 Å². The first-order valence-corrected chi connectivity index (χ1v) is 13.5. The fraction of sp³-hybridized carbons (Fsp3) is 1.00. The fourth-order valence-corrected chi connectivity index (χ4v) is 9.48. The quantitative estimate of drug-likeness (QED) is 0.516. The number of fused-ring (bicyclic) bond motifs is 5. The molecule has 0 spiro atoms. The molecule has 0 bridgehead atoms. The van der Waals surface area contributed by atoms with Crippen LogP contribution in [0.5, 0.6) is 0 Å². The Morgan fingerprint density at radius 1 is 0.938 bits per heavy atom. The van der Waals surface area contributed by atoms with Crippen LogP contribution in [0, 0.1) is 52.3 Å². The van der Waals surface area contributed by atoms with E-state index >= 15 is 0 Å². The molecule has 0 amide bonds. The number of hydrogen-bond donors (Lipinski definition) is 4. The van der Waals surface area contributed by atoms with E-state index in [0.717, 1.165) is 57.8 Å². The molecule has 5 nitrogen and oxygen atoms in total. The lowest BCUT2D eigenvalue weighted by atomic mass is 9.43. The second-order valence-corrected chi connectivity index (χ2v) is 12.9. The third kappa shape index (κ3) is 3.52. The lowest BCUT2D eigenvalue weighted by Gasteiger charge is -2.63. The molecule has 184 valence electrons. The van der Waals surface area contributed by atoms with Crippen LogP contribution >= 0.6 is 0 Å². The van der Waals surface area contributed by atoms with Crippen LogP contribution in [0.25, 0.3) is 0 Å². The zero-order chi connectivity index (χ0) is 22.8. The molecular formula is C27H46O5.